The molecule has 1 aromatic carbocycles. The molecule has 1 aliphatic carbocycles. The van der Waals surface area contributed by atoms with E-state index in [1.54, 1.807) is 7.11 Å². The van der Waals surface area contributed by atoms with Gasteiger partial charge in [0.2, 0.25) is 0 Å². The van der Waals surface area contributed by atoms with Gasteiger partial charge in [0.1, 0.15) is 5.75 Å². The molecular weight excluding hydrogens is 314 g/mol. The Morgan fingerprint density at radius 2 is 1.88 bits per heavy atom. The molecular formula is C17H25NO6. The summed E-state index contributed by atoms with van der Waals surface area (Å²) < 4.78 is 5.26. The Kier molecular flexibility index (Phi) is 8.21. The number of carboxylic acid groups (broad SMARTS) is 2. The Bertz CT molecular complexity index is 536. The van der Waals surface area contributed by atoms with Crippen LogP contribution in [-0.2, 0) is 9.59 Å². The molecule has 0 saturated heterocycles. The Labute approximate surface area is 141 Å². The van der Waals surface area contributed by atoms with Gasteiger partial charge in [-0.3, -0.25) is 0 Å². The lowest BCUT2D eigenvalue weighted by molar-refractivity contribution is -0.159. The summed E-state index contributed by atoms with van der Waals surface area (Å²) in [5, 5.41) is 25.0. The first-order valence-electron chi connectivity index (χ1n) is 7.89. The van der Waals surface area contributed by atoms with Crippen LogP contribution < -0.4 is 10.5 Å². The van der Waals surface area contributed by atoms with Gasteiger partial charge < -0.3 is 25.8 Å². The number of hydrogen-bond donors (Lipinski definition) is 4. The highest BCUT2D eigenvalue weighted by Gasteiger charge is 2.30. The number of aliphatic hydroxyl groups excluding tert-OH is 1. The van der Waals surface area contributed by atoms with Crippen LogP contribution in [0.1, 0.15) is 37.2 Å². The number of benzene rings is 1. The third kappa shape index (κ3) is 5.82. The zero-order valence-electron chi connectivity index (χ0n) is 13.7. The van der Waals surface area contributed by atoms with E-state index in [0.29, 0.717) is 6.54 Å². The lowest BCUT2D eigenvalue weighted by Crippen LogP contribution is -2.33. The van der Waals surface area contributed by atoms with E-state index in [0.717, 1.165) is 25.0 Å². The maximum Gasteiger partial charge on any atom is 0.414 e. The van der Waals surface area contributed by atoms with Gasteiger partial charge in [-0.2, -0.15) is 0 Å². The molecule has 24 heavy (non-hydrogen) atoms. The highest BCUT2D eigenvalue weighted by molar-refractivity contribution is 6.27. The molecule has 134 valence electrons. The van der Waals surface area contributed by atoms with Gasteiger partial charge in [-0.15, -0.1) is 0 Å². The van der Waals surface area contributed by atoms with Crippen LogP contribution in [0.4, 0.5) is 0 Å². The van der Waals surface area contributed by atoms with Crippen molar-refractivity contribution in [1.29, 1.82) is 0 Å². The summed E-state index contributed by atoms with van der Waals surface area (Å²) in [7, 11) is 1.67. The van der Waals surface area contributed by atoms with Crippen molar-refractivity contribution >= 4 is 11.9 Å². The number of methoxy groups -OCH3 is 1. The molecule has 7 heteroatoms. The van der Waals surface area contributed by atoms with Crippen molar-refractivity contribution in [3.05, 3.63) is 29.8 Å². The number of carboxylic acids is 2. The molecule has 0 heterocycles. The Hall–Kier alpha value is -2.12. The summed E-state index contributed by atoms with van der Waals surface area (Å²) in [6, 6.07) is 8.06. The summed E-state index contributed by atoms with van der Waals surface area (Å²) in [5.41, 5.74) is 7.12. The van der Waals surface area contributed by atoms with E-state index in [2.05, 4.69) is 6.07 Å². The van der Waals surface area contributed by atoms with E-state index in [1.807, 2.05) is 18.2 Å². The van der Waals surface area contributed by atoms with Crippen LogP contribution in [0.2, 0.25) is 0 Å². The molecule has 1 aromatic rings. The summed E-state index contributed by atoms with van der Waals surface area (Å²) >= 11 is 0. The summed E-state index contributed by atoms with van der Waals surface area (Å²) in [6.45, 7) is 0.578. The van der Waals surface area contributed by atoms with Gasteiger partial charge in [0.25, 0.3) is 0 Å². The van der Waals surface area contributed by atoms with E-state index in [9.17, 15) is 5.11 Å². The molecule has 7 nitrogen and oxygen atoms in total. The largest absolute Gasteiger partial charge is 0.497 e. The first kappa shape index (κ1) is 19.9. The second-order valence-corrected chi connectivity index (χ2v) is 5.74. The van der Waals surface area contributed by atoms with Gasteiger partial charge in [-0.25, -0.2) is 9.59 Å². The third-order valence-corrected chi connectivity index (χ3v) is 4.26. The number of rotatable bonds is 4. The molecule has 1 aliphatic rings. The fraction of sp³-hybridized carbons (Fsp3) is 0.529. The highest BCUT2D eigenvalue weighted by Crippen LogP contribution is 2.36. The number of carbonyl (C=O) groups is 2. The first-order chi connectivity index (χ1) is 11.4. The smallest absolute Gasteiger partial charge is 0.414 e. The molecule has 0 aromatic heterocycles. The van der Waals surface area contributed by atoms with Crippen LogP contribution in [0.15, 0.2) is 24.3 Å². The molecule has 0 amide bonds. The van der Waals surface area contributed by atoms with Crippen molar-refractivity contribution in [2.24, 2.45) is 11.7 Å². The van der Waals surface area contributed by atoms with Gasteiger partial charge >= 0.3 is 11.9 Å². The SMILES string of the molecule is COc1cccc([C@H](CN)C2CCCC[C@@H]2O)c1.O=C(O)C(=O)O. The minimum Gasteiger partial charge on any atom is -0.497 e. The average molecular weight is 339 g/mol. The number of aliphatic carboxylic acids is 2. The maximum atomic E-state index is 10.2. The van der Waals surface area contributed by atoms with Gasteiger partial charge in [0.15, 0.2) is 0 Å². The van der Waals surface area contributed by atoms with Crippen molar-refractivity contribution in [3.63, 3.8) is 0 Å². The van der Waals surface area contributed by atoms with Crippen LogP contribution in [0.25, 0.3) is 0 Å². The quantitative estimate of drug-likeness (QED) is 0.611. The lowest BCUT2D eigenvalue weighted by Gasteiger charge is -2.34. The van der Waals surface area contributed by atoms with Crippen LogP contribution in [-0.4, -0.2) is 47.0 Å². The predicted octanol–water partition coefficient (Wildman–Crippen LogP) is 1.44. The molecule has 1 unspecified atom stereocenters. The van der Waals surface area contributed by atoms with Crippen LogP contribution in [0.5, 0.6) is 5.75 Å². The van der Waals surface area contributed by atoms with Crippen molar-refractivity contribution in [1.82, 2.24) is 0 Å². The molecule has 1 fully saturated rings. The van der Waals surface area contributed by atoms with E-state index in [4.69, 9.17) is 30.3 Å². The zero-order chi connectivity index (χ0) is 18.1. The second-order valence-electron chi connectivity index (χ2n) is 5.74. The molecule has 0 bridgehead atoms. The summed E-state index contributed by atoms with van der Waals surface area (Å²) in [4.78, 5) is 18.2. The second kappa shape index (κ2) is 9.89. The molecule has 0 aliphatic heterocycles. The van der Waals surface area contributed by atoms with Crippen molar-refractivity contribution < 1.29 is 29.6 Å². The van der Waals surface area contributed by atoms with E-state index in [1.165, 1.54) is 12.0 Å². The summed E-state index contributed by atoms with van der Waals surface area (Å²) in [6.07, 6.45) is 4.10. The number of ether oxygens (including phenoxy) is 1. The number of aliphatic hydroxyl groups is 1. The maximum absolute atomic E-state index is 10.2. The van der Waals surface area contributed by atoms with Gasteiger partial charge in [-0.1, -0.05) is 25.0 Å². The Balaban J connectivity index is 0.000000413. The predicted molar refractivity (Wildman–Crippen MR) is 88.0 cm³/mol. The van der Waals surface area contributed by atoms with Crippen molar-refractivity contribution in [2.45, 2.75) is 37.7 Å². The third-order valence-electron chi connectivity index (χ3n) is 4.26. The minimum atomic E-state index is -1.82. The van der Waals surface area contributed by atoms with Gasteiger partial charge in [-0.05, 0) is 43.0 Å². The molecule has 2 rings (SSSR count). The topological polar surface area (TPSA) is 130 Å². The van der Waals surface area contributed by atoms with E-state index >= 15 is 0 Å². The van der Waals surface area contributed by atoms with E-state index in [-0.39, 0.29) is 17.9 Å². The average Bonchev–Trinajstić information content (AvgIpc) is 2.58. The number of nitrogens with two attached hydrogens (primary N) is 1. The molecule has 0 radical (unpaired) electrons. The standard InChI is InChI=1S/C15H23NO2.C2H2O4/c1-18-12-6-4-5-11(9-12)14(10-16)13-7-2-3-8-15(13)17;3-1(4)2(5)6/h4-6,9,13-15,17H,2-3,7-8,10,16H2,1H3;(H,3,4)(H,5,6)/t13?,14-,15-;/m0./s1. The van der Waals surface area contributed by atoms with Crippen molar-refractivity contribution in [3.8, 4) is 5.75 Å². The molecule has 0 spiro atoms. The Morgan fingerprint density at radius 3 is 2.38 bits per heavy atom. The normalized spacial score (nSPS) is 21.1. The van der Waals surface area contributed by atoms with Crippen LogP contribution in [0, 0.1) is 5.92 Å². The van der Waals surface area contributed by atoms with Crippen LogP contribution in [0.3, 0.4) is 0 Å². The van der Waals surface area contributed by atoms with Crippen LogP contribution >= 0.6 is 0 Å². The van der Waals surface area contributed by atoms with Gasteiger partial charge in [0, 0.05) is 5.92 Å². The summed E-state index contributed by atoms with van der Waals surface area (Å²) in [5.74, 6) is -2.27. The lowest BCUT2D eigenvalue weighted by atomic mass is 9.75. The highest BCUT2D eigenvalue weighted by atomic mass is 16.5. The number of hydrogen-bond acceptors (Lipinski definition) is 5. The molecule has 1 saturated carbocycles. The molecule has 5 N–H and O–H groups in total. The minimum absolute atomic E-state index is 0.210. The van der Waals surface area contributed by atoms with Crippen molar-refractivity contribution in [2.75, 3.05) is 13.7 Å². The zero-order valence-corrected chi connectivity index (χ0v) is 13.7. The monoisotopic (exact) mass is 339 g/mol. The fourth-order valence-electron chi connectivity index (χ4n) is 3.04. The fourth-order valence-corrected chi connectivity index (χ4v) is 3.04. The Morgan fingerprint density at radius 1 is 1.25 bits per heavy atom. The first-order valence-corrected chi connectivity index (χ1v) is 7.89. The van der Waals surface area contributed by atoms with Gasteiger partial charge in [0.05, 0.1) is 13.2 Å². The van der Waals surface area contributed by atoms with E-state index < -0.39 is 11.9 Å². The molecule has 3 atom stereocenters.